The molecule has 0 heterocycles. The summed E-state index contributed by atoms with van der Waals surface area (Å²) in [5.41, 5.74) is 2.37. The minimum absolute atomic E-state index is 0.0481. The standard InChI is InChI=1S/C16H15F2N/c17-14-6-3-7-15(18)16(14)19-10-12-4-1-2-5-13(12)11-8-9-11/h1-7,11,19H,8-10H2. The van der Waals surface area contributed by atoms with Crippen molar-refractivity contribution in [3.63, 3.8) is 0 Å². The maximum Gasteiger partial charge on any atom is 0.149 e. The van der Waals surface area contributed by atoms with Gasteiger partial charge in [0, 0.05) is 6.54 Å². The molecule has 1 fully saturated rings. The zero-order chi connectivity index (χ0) is 13.2. The number of rotatable bonds is 4. The van der Waals surface area contributed by atoms with Crippen molar-refractivity contribution in [1.29, 1.82) is 0 Å². The van der Waals surface area contributed by atoms with Gasteiger partial charge in [-0.3, -0.25) is 0 Å². The molecule has 98 valence electrons. The van der Waals surface area contributed by atoms with Crippen molar-refractivity contribution < 1.29 is 8.78 Å². The first-order valence-corrected chi connectivity index (χ1v) is 6.51. The van der Waals surface area contributed by atoms with E-state index in [1.807, 2.05) is 18.2 Å². The summed E-state index contributed by atoms with van der Waals surface area (Å²) >= 11 is 0. The van der Waals surface area contributed by atoms with Gasteiger partial charge in [-0.1, -0.05) is 30.3 Å². The van der Waals surface area contributed by atoms with Gasteiger partial charge in [0.05, 0.1) is 0 Å². The highest BCUT2D eigenvalue weighted by Crippen LogP contribution is 2.41. The van der Waals surface area contributed by atoms with Crippen molar-refractivity contribution in [2.24, 2.45) is 0 Å². The number of hydrogen-bond donors (Lipinski definition) is 1. The summed E-state index contributed by atoms with van der Waals surface area (Å²) in [5, 5.41) is 2.87. The Morgan fingerprint density at radius 1 is 0.947 bits per heavy atom. The van der Waals surface area contributed by atoms with Crippen LogP contribution >= 0.6 is 0 Å². The van der Waals surface area contributed by atoms with Gasteiger partial charge in [-0.25, -0.2) is 8.78 Å². The second-order valence-corrected chi connectivity index (χ2v) is 4.92. The molecule has 1 nitrogen and oxygen atoms in total. The van der Waals surface area contributed by atoms with Gasteiger partial charge in [0.15, 0.2) is 0 Å². The van der Waals surface area contributed by atoms with Gasteiger partial charge in [-0.05, 0) is 42.0 Å². The highest BCUT2D eigenvalue weighted by Gasteiger charge is 2.25. The Bertz CT molecular complexity index is 571. The molecule has 1 saturated carbocycles. The van der Waals surface area contributed by atoms with Gasteiger partial charge in [0.1, 0.15) is 17.3 Å². The Morgan fingerprint density at radius 3 is 2.32 bits per heavy atom. The Morgan fingerprint density at radius 2 is 1.63 bits per heavy atom. The number of benzene rings is 2. The average molecular weight is 259 g/mol. The molecule has 0 aromatic heterocycles. The van der Waals surface area contributed by atoms with Crippen LogP contribution < -0.4 is 5.32 Å². The predicted octanol–water partition coefficient (Wildman–Crippen LogP) is 4.45. The lowest BCUT2D eigenvalue weighted by atomic mass is 10.0. The van der Waals surface area contributed by atoms with Crippen molar-refractivity contribution in [2.75, 3.05) is 5.32 Å². The Hall–Kier alpha value is -1.90. The summed E-state index contributed by atoms with van der Waals surface area (Å²) in [5.74, 6) is -0.476. The van der Waals surface area contributed by atoms with E-state index in [-0.39, 0.29) is 5.69 Å². The van der Waals surface area contributed by atoms with Crippen LogP contribution in [0.2, 0.25) is 0 Å². The van der Waals surface area contributed by atoms with E-state index in [0.29, 0.717) is 12.5 Å². The van der Waals surface area contributed by atoms with Crippen LogP contribution in [-0.2, 0) is 6.54 Å². The molecule has 3 rings (SSSR count). The van der Waals surface area contributed by atoms with Crippen LogP contribution in [0.5, 0.6) is 0 Å². The van der Waals surface area contributed by atoms with Crippen molar-refractivity contribution in [2.45, 2.75) is 25.3 Å². The highest BCUT2D eigenvalue weighted by atomic mass is 19.1. The van der Waals surface area contributed by atoms with Crippen LogP contribution in [0.25, 0.3) is 0 Å². The van der Waals surface area contributed by atoms with Gasteiger partial charge in [0.25, 0.3) is 0 Å². The molecular weight excluding hydrogens is 244 g/mol. The number of nitrogens with one attached hydrogen (secondary N) is 1. The smallest absolute Gasteiger partial charge is 0.149 e. The molecule has 1 aliphatic rings. The van der Waals surface area contributed by atoms with E-state index >= 15 is 0 Å². The Balaban J connectivity index is 1.79. The van der Waals surface area contributed by atoms with Gasteiger partial charge in [-0.2, -0.15) is 0 Å². The fraction of sp³-hybridized carbons (Fsp3) is 0.250. The maximum absolute atomic E-state index is 13.5. The van der Waals surface area contributed by atoms with E-state index < -0.39 is 11.6 Å². The van der Waals surface area contributed by atoms with E-state index in [4.69, 9.17) is 0 Å². The minimum Gasteiger partial charge on any atom is -0.376 e. The number of hydrogen-bond acceptors (Lipinski definition) is 1. The molecule has 0 radical (unpaired) electrons. The fourth-order valence-corrected chi connectivity index (χ4v) is 2.34. The lowest BCUT2D eigenvalue weighted by Gasteiger charge is -2.12. The molecule has 3 heteroatoms. The molecule has 0 aliphatic heterocycles. The molecule has 19 heavy (non-hydrogen) atoms. The first-order chi connectivity index (χ1) is 9.25. The van der Waals surface area contributed by atoms with Crippen LogP contribution in [0.4, 0.5) is 14.5 Å². The highest BCUT2D eigenvalue weighted by molar-refractivity contribution is 5.47. The van der Waals surface area contributed by atoms with Crippen molar-refractivity contribution in [3.8, 4) is 0 Å². The monoisotopic (exact) mass is 259 g/mol. The fourth-order valence-electron chi connectivity index (χ4n) is 2.34. The molecular formula is C16H15F2N. The molecule has 0 unspecified atom stereocenters. The summed E-state index contributed by atoms with van der Waals surface area (Å²) in [6.45, 7) is 0.449. The third kappa shape index (κ3) is 2.60. The summed E-state index contributed by atoms with van der Waals surface area (Å²) < 4.78 is 27.0. The first kappa shape index (κ1) is 12.2. The van der Waals surface area contributed by atoms with Gasteiger partial charge < -0.3 is 5.32 Å². The molecule has 2 aromatic carbocycles. The molecule has 0 bridgehead atoms. The van der Waals surface area contributed by atoms with Crippen molar-refractivity contribution >= 4 is 5.69 Å². The Labute approximate surface area is 111 Å². The van der Waals surface area contributed by atoms with Crippen molar-refractivity contribution in [3.05, 3.63) is 65.2 Å². The lowest BCUT2D eigenvalue weighted by molar-refractivity contribution is 0.588. The second kappa shape index (κ2) is 5.00. The normalized spacial score (nSPS) is 14.4. The van der Waals surface area contributed by atoms with E-state index in [1.54, 1.807) is 0 Å². The molecule has 2 aromatic rings. The largest absolute Gasteiger partial charge is 0.376 e. The number of halogens is 2. The maximum atomic E-state index is 13.5. The summed E-state index contributed by atoms with van der Waals surface area (Å²) in [6, 6.07) is 12.0. The van der Waals surface area contributed by atoms with E-state index in [9.17, 15) is 8.78 Å². The van der Waals surface area contributed by atoms with Crippen molar-refractivity contribution in [1.82, 2.24) is 0 Å². The molecule has 0 saturated heterocycles. The molecule has 0 spiro atoms. The molecule has 0 atom stereocenters. The quantitative estimate of drug-likeness (QED) is 0.855. The molecule has 1 N–H and O–H groups in total. The van der Waals surface area contributed by atoms with Gasteiger partial charge in [-0.15, -0.1) is 0 Å². The van der Waals surface area contributed by atoms with Gasteiger partial charge in [0.2, 0.25) is 0 Å². The second-order valence-electron chi connectivity index (χ2n) is 4.92. The Kier molecular flexibility index (Phi) is 3.20. The van der Waals surface area contributed by atoms with E-state index in [0.717, 1.165) is 5.56 Å². The number of para-hydroxylation sites is 1. The summed E-state index contributed by atoms with van der Waals surface area (Å²) in [4.78, 5) is 0. The molecule has 1 aliphatic carbocycles. The first-order valence-electron chi connectivity index (χ1n) is 6.51. The van der Waals surface area contributed by atoms with Crippen LogP contribution in [0.15, 0.2) is 42.5 Å². The summed E-state index contributed by atoms with van der Waals surface area (Å²) in [6.07, 6.45) is 2.43. The number of anilines is 1. The SMILES string of the molecule is Fc1cccc(F)c1NCc1ccccc1C1CC1. The zero-order valence-electron chi connectivity index (χ0n) is 10.5. The van der Waals surface area contributed by atoms with Crippen LogP contribution in [0.1, 0.15) is 29.9 Å². The third-order valence-electron chi connectivity index (χ3n) is 3.49. The third-order valence-corrected chi connectivity index (χ3v) is 3.49. The predicted molar refractivity (Wildman–Crippen MR) is 72.1 cm³/mol. The van der Waals surface area contributed by atoms with Gasteiger partial charge >= 0.3 is 0 Å². The zero-order valence-corrected chi connectivity index (χ0v) is 10.5. The summed E-state index contributed by atoms with van der Waals surface area (Å²) in [7, 11) is 0. The lowest BCUT2D eigenvalue weighted by Crippen LogP contribution is -2.05. The van der Waals surface area contributed by atoms with E-state index in [2.05, 4.69) is 11.4 Å². The van der Waals surface area contributed by atoms with Crippen LogP contribution in [-0.4, -0.2) is 0 Å². The molecule has 0 amide bonds. The minimum atomic E-state index is -0.552. The topological polar surface area (TPSA) is 12.0 Å². The van der Waals surface area contributed by atoms with E-state index in [1.165, 1.54) is 36.6 Å². The van der Waals surface area contributed by atoms with Crippen LogP contribution in [0, 0.1) is 11.6 Å². The van der Waals surface area contributed by atoms with Crippen LogP contribution in [0.3, 0.4) is 0 Å². The average Bonchev–Trinajstić information content (AvgIpc) is 3.23.